The molecule has 2 amide bonds. The fraction of sp³-hybridized carbons (Fsp3) is 0.692. The van der Waals surface area contributed by atoms with Gasteiger partial charge in [-0.3, -0.25) is 9.59 Å². The van der Waals surface area contributed by atoms with Gasteiger partial charge in [0.05, 0.1) is 0 Å². The highest BCUT2D eigenvalue weighted by Crippen LogP contribution is 1.93. The molecule has 104 valence electrons. The first kappa shape index (κ1) is 16.6. The van der Waals surface area contributed by atoms with Crippen LogP contribution in [0.1, 0.15) is 26.2 Å². The van der Waals surface area contributed by atoms with E-state index in [1.807, 2.05) is 14.1 Å². The Kier molecular flexibility index (Phi) is 8.92. The van der Waals surface area contributed by atoms with Gasteiger partial charge in [0.2, 0.25) is 11.8 Å². The zero-order valence-electron chi connectivity index (χ0n) is 11.7. The molecule has 1 aliphatic rings. The summed E-state index contributed by atoms with van der Waals surface area (Å²) in [5.41, 5.74) is 0.569. The van der Waals surface area contributed by atoms with Crippen molar-refractivity contribution < 1.29 is 9.59 Å². The lowest BCUT2D eigenvalue weighted by Crippen LogP contribution is -2.27. The summed E-state index contributed by atoms with van der Waals surface area (Å²) in [5, 5.41) is 5.45. The van der Waals surface area contributed by atoms with Crippen molar-refractivity contribution in [3.63, 3.8) is 0 Å². The molecule has 0 aliphatic carbocycles. The smallest absolute Gasteiger partial charge is 0.246 e. The summed E-state index contributed by atoms with van der Waals surface area (Å²) in [5.74, 6) is 0.156. The Bertz CT molecular complexity index is 280. The molecule has 0 radical (unpaired) electrons. The van der Waals surface area contributed by atoms with Crippen molar-refractivity contribution in [3.05, 3.63) is 12.2 Å². The zero-order chi connectivity index (χ0) is 14.0. The number of nitrogens with zero attached hydrogens (tertiary/aromatic N) is 1. The largest absolute Gasteiger partial charge is 0.356 e. The molecule has 0 aromatic rings. The molecule has 0 aromatic carbocycles. The van der Waals surface area contributed by atoms with Gasteiger partial charge < -0.3 is 15.5 Å². The molecule has 0 spiro atoms. The molecule has 0 unspecified atom stereocenters. The van der Waals surface area contributed by atoms with Crippen LogP contribution in [0, 0.1) is 0 Å². The molecule has 0 bridgehead atoms. The highest BCUT2D eigenvalue weighted by atomic mass is 16.2. The summed E-state index contributed by atoms with van der Waals surface area (Å²) in [7, 11) is 4.03. The van der Waals surface area contributed by atoms with Crippen molar-refractivity contribution in [3.8, 4) is 0 Å². The quantitative estimate of drug-likeness (QED) is 0.556. The van der Waals surface area contributed by atoms with Gasteiger partial charge in [-0.25, -0.2) is 0 Å². The molecule has 2 N–H and O–H groups in total. The molecule has 1 rings (SSSR count). The van der Waals surface area contributed by atoms with Gasteiger partial charge in [0.25, 0.3) is 0 Å². The van der Waals surface area contributed by atoms with Crippen molar-refractivity contribution in [2.75, 3.05) is 33.7 Å². The molecule has 1 fully saturated rings. The van der Waals surface area contributed by atoms with Crippen molar-refractivity contribution in [2.24, 2.45) is 0 Å². The zero-order valence-corrected chi connectivity index (χ0v) is 11.7. The van der Waals surface area contributed by atoms with E-state index < -0.39 is 0 Å². The van der Waals surface area contributed by atoms with Gasteiger partial charge in [-0.2, -0.15) is 0 Å². The summed E-state index contributed by atoms with van der Waals surface area (Å²) < 4.78 is 0. The molecule has 5 heteroatoms. The third kappa shape index (κ3) is 9.84. The maximum Gasteiger partial charge on any atom is 0.246 e. The molecule has 18 heavy (non-hydrogen) atoms. The molecule has 0 aromatic heterocycles. The van der Waals surface area contributed by atoms with E-state index in [0.717, 1.165) is 38.9 Å². The number of amides is 2. The van der Waals surface area contributed by atoms with E-state index in [1.165, 1.54) is 0 Å². The second-order valence-electron chi connectivity index (χ2n) is 4.65. The Morgan fingerprint density at radius 3 is 2.50 bits per heavy atom. The Balaban J connectivity index is 0.000000397. The van der Waals surface area contributed by atoms with E-state index >= 15 is 0 Å². The standard InChI is InChI=1S/C9H18N2O.C4H7NO/c1-8(2)9(12)10-6-5-7-11(3)4;6-4-2-1-3-5-4/h1,5-7H2,2-4H3,(H,10,12);1-3H2,(H,5,6). The van der Waals surface area contributed by atoms with Gasteiger partial charge in [-0.1, -0.05) is 6.58 Å². The van der Waals surface area contributed by atoms with Gasteiger partial charge >= 0.3 is 0 Å². The van der Waals surface area contributed by atoms with Crippen LogP contribution in [0.5, 0.6) is 0 Å². The van der Waals surface area contributed by atoms with E-state index in [9.17, 15) is 9.59 Å². The Labute approximate surface area is 110 Å². The molecule has 5 nitrogen and oxygen atoms in total. The highest BCUT2D eigenvalue weighted by molar-refractivity contribution is 5.91. The number of carbonyl (C=O) groups excluding carboxylic acids is 2. The lowest BCUT2D eigenvalue weighted by atomic mass is 10.3. The van der Waals surface area contributed by atoms with Gasteiger partial charge in [0.1, 0.15) is 0 Å². The van der Waals surface area contributed by atoms with Crippen LogP contribution >= 0.6 is 0 Å². The molecular formula is C13H25N3O2. The van der Waals surface area contributed by atoms with Crippen LogP contribution in [0.15, 0.2) is 12.2 Å². The van der Waals surface area contributed by atoms with Gasteiger partial charge in [0, 0.05) is 25.1 Å². The Hall–Kier alpha value is -1.36. The number of hydrogen-bond acceptors (Lipinski definition) is 3. The van der Waals surface area contributed by atoms with Gasteiger partial charge in [0.15, 0.2) is 0 Å². The van der Waals surface area contributed by atoms with E-state index in [0.29, 0.717) is 5.57 Å². The lowest BCUT2D eigenvalue weighted by Gasteiger charge is -2.09. The molecule has 0 saturated carbocycles. The average Bonchev–Trinajstić information content (AvgIpc) is 2.75. The summed E-state index contributed by atoms with van der Waals surface area (Å²) in [6, 6.07) is 0. The van der Waals surface area contributed by atoms with E-state index in [4.69, 9.17) is 0 Å². The number of carbonyl (C=O) groups is 2. The van der Waals surface area contributed by atoms with Crippen molar-refractivity contribution >= 4 is 11.8 Å². The number of nitrogens with one attached hydrogen (secondary N) is 2. The Morgan fingerprint density at radius 1 is 1.50 bits per heavy atom. The third-order valence-corrected chi connectivity index (χ3v) is 2.36. The summed E-state index contributed by atoms with van der Waals surface area (Å²) in [6.07, 6.45) is 2.74. The summed E-state index contributed by atoms with van der Waals surface area (Å²) in [6.45, 7) is 7.87. The summed E-state index contributed by atoms with van der Waals surface area (Å²) in [4.78, 5) is 23.2. The number of rotatable bonds is 5. The van der Waals surface area contributed by atoms with Crippen LogP contribution in [-0.4, -0.2) is 50.4 Å². The van der Waals surface area contributed by atoms with Crippen molar-refractivity contribution in [1.29, 1.82) is 0 Å². The fourth-order valence-electron chi connectivity index (χ4n) is 1.31. The highest BCUT2D eigenvalue weighted by Gasteiger charge is 2.05. The van der Waals surface area contributed by atoms with Gasteiger partial charge in [-0.15, -0.1) is 0 Å². The maximum atomic E-state index is 11.0. The normalized spacial score (nSPS) is 13.7. The van der Waals surface area contributed by atoms with E-state index in [1.54, 1.807) is 6.92 Å². The first-order valence-corrected chi connectivity index (χ1v) is 6.28. The molecule has 1 heterocycles. The van der Waals surface area contributed by atoms with E-state index in [-0.39, 0.29) is 11.8 Å². The lowest BCUT2D eigenvalue weighted by molar-refractivity contribution is -0.119. The molecule has 1 aliphatic heterocycles. The Morgan fingerprint density at radius 2 is 2.17 bits per heavy atom. The predicted octanol–water partition coefficient (Wildman–Crippen LogP) is 0.527. The minimum atomic E-state index is -0.0474. The van der Waals surface area contributed by atoms with Crippen LogP contribution in [0.2, 0.25) is 0 Å². The summed E-state index contributed by atoms with van der Waals surface area (Å²) >= 11 is 0. The molecule has 0 atom stereocenters. The SMILES string of the molecule is C=C(C)C(=O)NCCCN(C)C.O=C1CCCN1. The van der Waals surface area contributed by atoms with Crippen LogP contribution in [0.4, 0.5) is 0 Å². The second kappa shape index (κ2) is 9.65. The first-order chi connectivity index (χ1) is 8.43. The predicted molar refractivity (Wildman–Crippen MR) is 73.2 cm³/mol. The fourth-order valence-corrected chi connectivity index (χ4v) is 1.31. The van der Waals surface area contributed by atoms with Crippen molar-refractivity contribution in [1.82, 2.24) is 15.5 Å². The monoisotopic (exact) mass is 255 g/mol. The average molecular weight is 255 g/mol. The molecular weight excluding hydrogens is 230 g/mol. The second-order valence-corrected chi connectivity index (χ2v) is 4.65. The topological polar surface area (TPSA) is 61.4 Å². The van der Waals surface area contributed by atoms with Crippen LogP contribution in [0.25, 0.3) is 0 Å². The van der Waals surface area contributed by atoms with Crippen LogP contribution < -0.4 is 10.6 Å². The maximum absolute atomic E-state index is 11.0. The number of hydrogen-bond donors (Lipinski definition) is 2. The molecule has 1 saturated heterocycles. The third-order valence-electron chi connectivity index (χ3n) is 2.36. The van der Waals surface area contributed by atoms with Gasteiger partial charge in [-0.05, 0) is 40.4 Å². The minimum absolute atomic E-state index is 0.0474. The van der Waals surface area contributed by atoms with Crippen molar-refractivity contribution in [2.45, 2.75) is 26.2 Å². The first-order valence-electron chi connectivity index (χ1n) is 6.28. The van der Waals surface area contributed by atoms with Crippen LogP contribution in [0.3, 0.4) is 0 Å². The minimum Gasteiger partial charge on any atom is -0.356 e. The van der Waals surface area contributed by atoms with E-state index in [2.05, 4.69) is 22.1 Å². The van der Waals surface area contributed by atoms with Crippen LogP contribution in [-0.2, 0) is 9.59 Å².